The third-order valence-corrected chi connectivity index (χ3v) is 10.1. The van der Waals surface area contributed by atoms with Crippen LogP contribution in [0.25, 0.3) is 84.4 Å². The molecule has 0 spiro atoms. The summed E-state index contributed by atoms with van der Waals surface area (Å²) in [6.07, 6.45) is 6.94. The second kappa shape index (κ2) is 15.1. The van der Waals surface area contributed by atoms with E-state index in [0.717, 1.165) is 97.3 Å². The second-order valence-electron chi connectivity index (χ2n) is 13.7. The lowest BCUT2D eigenvalue weighted by atomic mass is 9.95. The van der Waals surface area contributed by atoms with Crippen LogP contribution in [0.15, 0.2) is 182 Å². The van der Waals surface area contributed by atoms with Crippen LogP contribution in [0.5, 0.6) is 0 Å². The van der Waals surface area contributed by atoms with Crippen molar-refractivity contribution in [3.63, 3.8) is 0 Å². The van der Waals surface area contributed by atoms with Crippen molar-refractivity contribution >= 4 is 5.57 Å². The average molecular weight is 695 g/mol. The predicted molar refractivity (Wildman–Crippen MR) is 222 cm³/mol. The molecule has 0 N–H and O–H groups in total. The molecule has 2 heterocycles. The number of aromatic nitrogens is 4. The van der Waals surface area contributed by atoms with Gasteiger partial charge in [0.05, 0.1) is 34.2 Å². The fourth-order valence-electron chi connectivity index (χ4n) is 7.26. The molecule has 6 aromatic carbocycles. The van der Waals surface area contributed by atoms with Crippen LogP contribution >= 0.6 is 0 Å². The van der Waals surface area contributed by atoms with Crippen LogP contribution in [0.2, 0.25) is 0 Å². The summed E-state index contributed by atoms with van der Waals surface area (Å²) < 4.78 is 0. The Bertz CT molecular complexity index is 2560. The Morgan fingerprint density at radius 1 is 0.315 bits per heavy atom. The molecular formula is C50H38N4. The van der Waals surface area contributed by atoms with Gasteiger partial charge in [0.15, 0.2) is 5.82 Å². The van der Waals surface area contributed by atoms with Gasteiger partial charge >= 0.3 is 0 Å². The van der Waals surface area contributed by atoms with Crippen molar-refractivity contribution in [2.45, 2.75) is 25.7 Å². The van der Waals surface area contributed by atoms with E-state index in [-0.39, 0.29) is 0 Å². The molecule has 4 heteroatoms. The molecule has 0 saturated heterocycles. The third kappa shape index (κ3) is 6.90. The van der Waals surface area contributed by atoms with Crippen LogP contribution in [-0.4, -0.2) is 19.9 Å². The average Bonchev–Trinajstić information content (AvgIpc) is 3.27. The van der Waals surface area contributed by atoms with Gasteiger partial charge in [-0.1, -0.05) is 170 Å². The maximum atomic E-state index is 5.42. The number of rotatable bonds is 8. The van der Waals surface area contributed by atoms with Crippen LogP contribution in [0, 0.1) is 0 Å². The molecule has 0 radical (unpaired) electrons. The van der Waals surface area contributed by atoms with Gasteiger partial charge in [-0.3, -0.25) is 0 Å². The molecule has 9 rings (SSSR count). The quantitative estimate of drug-likeness (QED) is 0.159. The monoisotopic (exact) mass is 694 g/mol. The molecule has 0 bridgehead atoms. The van der Waals surface area contributed by atoms with Gasteiger partial charge in [0.2, 0.25) is 0 Å². The summed E-state index contributed by atoms with van der Waals surface area (Å²) in [6.45, 7) is 0. The Morgan fingerprint density at radius 3 is 1.28 bits per heavy atom. The van der Waals surface area contributed by atoms with Gasteiger partial charge in [-0.2, -0.15) is 0 Å². The summed E-state index contributed by atoms with van der Waals surface area (Å²) in [4.78, 5) is 21.1. The first kappa shape index (κ1) is 33.1. The third-order valence-electron chi connectivity index (χ3n) is 10.1. The van der Waals surface area contributed by atoms with Crippen molar-refractivity contribution in [2.24, 2.45) is 0 Å². The highest BCUT2D eigenvalue weighted by atomic mass is 14.9. The summed E-state index contributed by atoms with van der Waals surface area (Å²) in [5.41, 5.74) is 15.1. The highest BCUT2D eigenvalue weighted by Gasteiger charge is 2.20. The van der Waals surface area contributed by atoms with Gasteiger partial charge in [-0.05, 0) is 54.5 Å². The number of benzene rings is 6. The van der Waals surface area contributed by atoms with Crippen LogP contribution < -0.4 is 0 Å². The molecule has 0 atom stereocenters. The van der Waals surface area contributed by atoms with E-state index in [1.807, 2.05) is 24.3 Å². The van der Waals surface area contributed by atoms with Gasteiger partial charge in [0.1, 0.15) is 0 Å². The van der Waals surface area contributed by atoms with Gasteiger partial charge in [-0.15, -0.1) is 0 Å². The summed E-state index contributed by atoms with van der Waals surface area (Å²) >= 11 is 0. The number of hydrogen-bond donors (Lipinski definition) is 0. The zero-order valence-electron chi connectivity index (χ0n) is 29.9. The van der Waals surface area contributed by atoms with E-state index in [4.69, 9.17) is 19.9 Å². The maximum Gasteiger partial charge on any atom is 0.160 e. The lowest BCUT2D eigenvalue weighted by molar-refractivity contribution is 0.739. The number of nitrogens with zero attached hydrogens (tertiary/aromatic N) is 4. The number of hydrogen-bond acceptors (Lipinski definition) is 4. The molecule has 0 fully saturated rings. The van der Waals surface area contributed by atoms with E-state index in [1.54, 1.807) is 0 Å². The molecule has 0 aliphatic heterocycles. The van der Waals surface area contributed by atoms with Gasteiger partial charge in [0.25, 0.3) is 0 Å². The van der Waals surface area contributed by atoms with Crippen molar-refractivity contribution in [3.05, 3.63) is 188 Å². The lowest BCUT2D eigenvalue weighted by Crippen LogP contribution is -2.01. The highest BCUT2D eigenvalue weighted by Crippen LogP contribution is 2.38. The fourth-order valence-corrected chi connectivity index (χ4v) is 7.26. The van der Waals surface area contributed by atoms with E-state index in [0.29, 0.717) is 0 Å². The van der Waals surface area contributed by atoms with Crippen molar-refractivity contribution < 1.29 is 0 Å². The number of allylic oxidation sites excluding steroid dienone is 2. The Kier molecular flexibility index (Phi) is 9.23. The Hall–Kier alpha value is -6.78. The zero-order valence-corrected chi connectivity index (χ0v) is 29.9. The van der Waals surface area contributed by atoms with Crippen LogP contribution in [-0.2, 0) is 0 Å². The second-order valence-corrected chi connectivity index (χ2v) is 13.7. The van der Waals surface area contributed by atoms with Gasteiger partial charge in [0, 0.05) is 33.4 Å². The first-order valence-corrected chi connectivity index (χ1v) is 18.7. The van der Waals surface area contributed by atoms with Crippen molar-refractivity contribution in [1.29, 1.82) is 0 Å². The highest BCUT2D eigenvalue weighted by molar-refractivity contribution is 5.87. The summed E-state index contributed by atoms with van der Waals surface area (Å²) in [6, 6.07) is 60.9. The molecule has 2 aromatic heterocycles. The largest absolute Gasteiger partial charge is 0.243 e. The molecule has 0 saturated carbocycles. The van der Waals surface area contributed by atoms with E-state index >= 15 is 0 Å². The molecule has 0 amide bonds. The zero-order chi connectivity index (χ0) is 36.1. The first-order chi connectivity index (χ1) is 26.8. The molecular weight excluding hydrogens is 657 g/mol. The normalized spacial score (nSPS) is 12.6. The van der Waals surface area contributed by atoms with Crippen LogP contribution in [0.4, 0.5) is 0 Å². The Balaban J connectivity index is 1.12. The Labute approximate surface area is 316 Å². The maximum absolute atomic E-state index is 5.42. The first-order valence-electron chi connectivity index (χ1n) is 18.7. The lowest BCUT2D eigenvalue weighted by Gasteiger charge is -2.16. The van der Waals surface area contributed by atoms with E-state index in [2.05, 4.69) is 158 Å². The molecule has 0 unspecified atom stereocenters. The summed E-state index contributed by atoms with van der Waals surface area (Å²) in [7, 11) is 0. The van der Waals surface area contributed by atoms with Crippen molar-refractivity contribution in [1.82, 2.24) is 19.9 Å². The predicted octanol–water partition coefficient (Wildman–Crippen LogP) is 12.9. The fraction of sp³-hybridized carbons (Fsp3) is 0.0800. The topological polar surface area (TPSA) is 51.6 Å². The van der Waals surface area contributed by atoms with E-state index < -0.39 is 0 Å². The van der Waals surface area contributed by atoms with Crippen molar-refractivity contribution in [2.75, 3.05) is 0 Å². The molecule has 1 aliphatic carbocycles. The standard InChI is InChI=1S/C50H38N4/c1-6-17-36(18-7-1)44-34-45(37-19-8-2-9-20-37)52-50(51-44)43-28-16-27-42(33-43)35-29-31-41(32-30-35)49-48(40-25-14-5-15-26-40)53-46(38-21-10-3-11-22-38)47(54-49)39-23-12-4-13-24-39/h1,3-7,10-19,21-34H,2,8-9,20H2. The SMILES string of the molecule is C1=C(c2cc(-c3ccccc3)nc(-c3cccc(-c4ccc(-c5nc(-c6ccccc6)c(-c6ccccc6)nc5-c5ccccc5)cc4)c3)n2)CCCC1. The molecule has 258 valence electrons. The summed E-state index contributed by atoms with van der Waals surface area (Å²) in [5.74, 6) is 0.742. The van der Waals surface area contributed by atoms with Gasteiger partial charge in [-0.25, -0.2) is 19.9 Å². The molecule has 4 nitrogen and oxygen atoms in total. The smallest absolute Gasteiger partial charge is 0.160 e. The molecule has 8 aromatic rings. The van der Waals surface area contributed by atoms with E-state index in [9.17, 15) is 0 Å². The van der Waals surface area contributed by atoms with Crippen molar-refractivity contribution in [3.8, 4) is 78.8 Å². The minimum absolute atomic E-state index is 0.742. The van der Waals surface area contributed by atoms with Crippen LogP contribution in [0.1, 0.15) is 31.4 Å². The molecule has 1 aliphatic rings. The minimum atomic E-state index is 0.742. The molecule has 54 heavy (non-hydrogen) atoms. The van der Waals surface area contributed by atoms with Gasteiger partial charge < -0.3 is 0 Å². The summed E-state index contributed by atoms with van der Waals surface area (Å²) in [5, 5.41) is 0. The van der Waals surface area contributed by atoms with Crippen LogP contribution in [0.3, 0.4) is 0 Å². The van der Waals surface area contributed by atoms with E-state index in [1.165, 1.54) is 18.4 Å². The minimum Gasteiger partial charge on any atom is -0.243 e. The Morgan fingerprint density at radius 2 is 0.759 bits per heavy atom.